The van der Waals surface area contributed by atoms with Crippen molar-refractivity contribution in [3.05, 3.63) is 166 Å². The Balaban J connectivity index is 1.78. The van der Waals surface area contributed by atoms with Crippen molar-refractivity contribution in [3.63, 3.8) is 0 Å². The average molecular weight is 515 g/mol. The highest BCUT2D eigenvalue weighted by atomic mass is 14.3. The number of allylic oxidation sites excluding steroid dienone is 4. The minimum Gasteiger partial charge on any atom is -0.102 e. The van der Waals surface area contributed by atoms with Gasteiger partial charge in [0.1, 0.15) is 0 Å². The number of hydrogen-bond donors (Lipinski definition) is 0. The maximum Gasteiger partial charge on any atom is 0.0131 e. The molecule has 0 aromatic heterocycles. The van der Waals surface area contributed by atoms with E-state index in [4.69, 9.17) is 6.58 Å². The Morgan fingerprint density at radius 3 is 2.15 bits per heavy atom. The Labute approximate surface area is 236 Å². The number of fused-ring (bicyclic) bond motifs is 3. The van der Waals surface area contributed by atoms with Crippen molar-refractivity contribution in [2.45, 2.75) is 12.8 Å². The van der Waals surface area contributed by atoms with Gasteiger partial charge >= 0.3 is 0 Å². The molecule has 0 heteroatoms. The number of benzene rings is 4. The van der Waals surface area contributed by atoms with Crippen molar-refractivity contribution in [1.82, 2.24) is 0 Å². The third-order valence-electron chi connectivity index (χ3n) is 8.58. The molecule has 4 aromatic rings. The predicted molar refractivity (Wildman–Crippen MR) is 174 cm³/mol. The lowest BCUT2D eigenvalue weighted by Crippen LogP contribution is -2.42. The highest BCUT2D eigenvalue weighted by Crippen LogP contribution is 2.41. The summed E-state index contributed by atoms with van der Waals surface area (Å²) < 4.78 is 0. The molecular formula is C40H34. The van der Waals surface area contributed by atoms with Gasteiger partial charge in [0.15, 0.2) is 0 Å². The van der Waals surface area contributed by atoms with Crippen LogP contribution in [-0.2, 0) is 0 Å². The van der Waals surface area contributed by atoms with E-state index in [-0.39, 0.29) is 11.8 Å². The van der Waals surface area contributed by atoms with Crippen molar-refractivity contribution in [3.8, 4) is 0 Å². The predicted octanol–water partition coefficient (Wildman–Crippen LogP) is 5.19. The largest absolute Gasteiger partial charge is 0.102 e. The molecule has 0 fully saturated rings. The normalized spacial score (nSPS) is 18.8. The van der Waals surface area contributed by atoms with Gasteiger partial charge in [-0.15, -0.1) is 13.2 Å². The van der Waals surface area contributed by atoms with Gasteiger partial charge in [-0.3, -0.25) is 0 Å². The Kier molecular flexibility index (Phi) is 6.70. The van der Waals surface area contributed by atoms with Crippen molar-refractivity contribution in [1.29, 1.82) is 0 Å². The second-order valence-corrected chi connectivity index (χ2v) is 10.6. The molecule has 0 saturated heterocycles. The molecule has 194 valence electrons. The zero-order valence-corrected chi connectivity index (χ0v) is 23.0. The van der Waals surface area contributed by atoms with Crippen molar-refractivity contribution in [2.24, 2.45) is 11.8 Å². The lowest BCUT2D eigenvalue weighted by Gasteiger charge is -2.34. The van der Waals surface area contributed by atoms with E-state index >= 15 is 0 Å². The molecule has 0 N–H and O–H groups in total. The lowest BCUT2D eigenvalue weighted by atomic mass is 9.69. The maximum atomic E-state index is 4.74. The van der Waals surface area contributed by atoms with Crippen LogP contribution in [0.3, 0.4) is 0 Å². The fourth-order valence-corrected chi connectivity index (χ4v) is 6.82. The van der Waals surface area contributed by atoms with Crippen LogP contribution in [0.2, 0.25) is 0 Å². The van der Waals surface area contributed by atoms with Crippen LogP contribution in [0, 0.1) is 11.8 Å². The van der Waals surface area contributed by atoms with Crippen LogP contribution in [0.5, 0.6) is 0 Å². The van der Waals surface area contributed by atoms with Crippen LogP contribution in [0.4, 0.5) is 0 Å². The molecule has 2 aliphatic rings. The van der Waals surface area contributed by atoms with Crippen LogP contribution in [-0.4, -0.2) is 0 Å². The lowest BCUT2D eigenvalue weighted by molar-refractivity contribution is 0.699. The molecular weight excluding hydrogens is 480 g/mol. The summed E-state index contributed by atoms with van der Waals surface area (Å²) in [6.45, 7) is 22.1. The molecule has 0 amide bonds. The van der Waals surface area contributed by atoms with E-state index in [1.165, 1.54) is 43.0 Å². The summed E-state index contributed by atoms with van der Waals surface area (Å²) in [7, 11) is 0. The van der Waals surface area contributed by atoms with Crippen molar-refractivity contribution >= 4 is 45.7 Å². The van der Waals surface area contributed by atoms with Crippen LogP contribution >= 0.6 is 0 Å². The molecule has 0 saturated carbocycles. The van der Waals surface area contributed by atoms with E-state index in [2.05, 4.69) is 129 Å². The average Bonchev–Trinajstić information content (AvgIpc) is 3.00. The van der Waals surface area contributed by atoms with E-state index in [1.807, 2.05) is 6.08 Å². The molecule has 4 aromatic carbocycles. The van der Waals surface area contributed by atoms with Crippen molar-refractivity contribution < 1.29 is 0 Å². The summed E-state index contributed by atoms with van der Waals surface area (Å²) in [6, 6.07) is 30.2. The van der Waals surface area contributed by atoms with Gasteiger partial charge < -0.3 is 0 Å². The fourth-order valence-electron chi connectivity index (χ4n) is 6.82. The third kappa shape index (κ3) is 4.00. The van der Waals surface area contributed by atoms with Gasteiger partial charge in [-0.25, -0.2) is 0 Å². The van der Waals surface area contributed by atoms with E-state index < -0.39 is 0 Å². The van der Waals surface area contributed by atoms with Crippen LogP contribution in [0.15, 0.2) is 135 Å². The fraction of sp³-hybridized carbons (Fsp3) is 0.100. The summed E-state index contributed by atoms with van der Waals surface area (Å²) in [4.78, 5) is 0. The second kappa shape index (κ2) is 10.5. The van der Waals surface area contributed by atoms with Gasteiger partial charge in [0.25, 0.3) is 0 Å². The SMILES string of the molecule is C=CC(C(=C)C1=c2ccccc2=C(C2=c3ccccc3=CCC2)C(C=C)C1C=C)=c1c(=C)ccc2ccccc12. The summed E-state index contributed by atoms with van der Waals surface area (Å²) in [5.74, 6) is 0.0803. The highest BCUT2D eigenvalue weighted by Gasteiger charge is 2.32. The first-order valence-corrected chi connectivity index (χ1v) is 14.0. The van der Waals surface area contributed by atoms with Gasteiger partial charge in [-0.1, -0.05) is 129 Å². The Morgan fingerprint density at radius 1 is 0.725 bits per heavy atom. The zero-order valence-electron chi connectivity index (χ0n) is 23.0. The Hall–Kier alpha value is -4.68. The van der Waals surface area contributed by atoms with Crippen LogP contribution in [0.1, 0.15) is 12.8 Å². The highest BCUT2D eigenvalue weighted by molar-refractivity contribution is 5.99. The smallest absolute Gasteiger partial charge is 0.0131 e. The minimum absolute atomic E-state index is 0.0126. The molecule has 0 bridgehead atoms. The maximum absolute atomic E-state index is 4.74. The summed E-state index contributed by atoms with van der Waals surface area (Å²) in [5, 5.41) is 9.48. The molecule has 40 heavy (non-hydrogen) atoms. The van der Waals surface area contributed by atoms with Gasteiger partial charge in [0, 0.05) is 11.8 Å². The van der Waals surface area contributed by atoms with Gasteiger partial charge in [-0.2, -0.15) is 0 Å². The monoisotopic (exact) mass is 514 g/mol. The number of hydrogen-bond acceptors (Lipinski definition) is 0. The Bertz CT molecular complexity index is 2100. The van der Waals surface area contributed by atoms with Crippen molar-refractivity contribution in [2.75, 3.05) is 0 Å². The van der Waals surface area contributed by atoms with E-state index in [1.54, 1.807) is 0 Å². The summed E-state index contributed by atoms with van der Waals surface area (Å²) >= 11 is 0. The van der Waals surface area contributed by atoms with E-state index in [0.29, 0.717) is 0 Å². The Morgan fingerprint density at radius 2 is 1.40 bits per heavy atom. The van der Waals surface area contributed by atoms with Gasteiger partial charge in [0.2, 0.25) is 0 Å². The summed E-state index contributed by atoms with van der Waals surface area (Å²) in [5.41, 5.74) is 5.92. The number of rotatable bonds is 6. The summed E-state index contributed by atoms with van der Waals surface area (Å²) in [6.07, 6.45) is 10.5. The molecule has 0 nitrogen and oxygen atoms in total. The third-order valence-corrected chi connectivity index (χ3v) is 8.58. The van der Waals surface area contributed by atoms with Gasteiger partial charge in [0.05, 0.1) is 0 Å². The first-order valence-electron chi connectivity index (χ1n) is 14.0. The molecule has 2 unspecified atom stereocenters. The molecule has 0 aliphatic heterocycles. The van der Waals surface area contributed by atoms with E-state index in [0.717, 1.165) is 39.8 Å². The first kappa shape index (κ1) is 25.6. The molecule has 0 heterocycles. The van der Waals surface area contributed by atoms with Crippen LogP contribution in [0.25, 0.3) is 45.7 Å². The molecule has 2 aliphatic carbocycles. The molecule has 2 atom stereocenters. The van der Waals surface area contributed by atoms with Gasteiger partial charge in [-0.05, 0) is 82.8 Å². The standard InChI is InChI=1S/C40H34/c1-6-30(38-26(4)24-25-29-17-10-12-20-34(29)38)27(5)39-31(7-2)32(8-3)40(37-22-14-13-21-36(37)39)35-23-15-18-28-16-9-11-19-33(28)35/h6-14,16-22,24-25,31-32H,1-5,15,23H2. The van der Waals surface area contributed by atoms with E-state index in [9.17, 15) is 0 Å². The molecule has 0 radical (unpaired) electrons. The first-order chi connectivity index (χ1) is 19.6. The molecule has 0 spiro atoms. The zero-order chi connectivity index (χ0) is 27.8. The minimum atomic E-state index is 0.0126. The quantitative estimate of drug-likeness (QED) is 0.311. The topological polar surface area (TPSA) is 0 Å². The molecule has 6 rings (SSSR count). The second-order valence-electron chi connectivity index (χ2n) is 10.6. The van der Waals surface area contributed by atoms with Crippen LogP contribution < -0.4 is 31.3 Å².